The molecule has 0 saturated carbocycles. The van der Waals surface area contributed by atoms with E-state index < -0.39 is 11.9 Å². The first-order chi connectivity index (χ1) is 10.5. The molecule has 0 aliphatic heterocycles. The Morgan fingerprint density at radius 1 is 1.36 bits per heavy atom. The summed E-state index contributed by atoms with van der Waals surface area (Å²) in [5.74, 6) is -0.835. The Bertz CT molecular complexity index is 786. The molecular weight excluding hydrogens is 306 g/mol. The first-order valence-electron chi connectivity index (χ1n) is 6.76. The largest absolute Gasteiger partial charge is 0.478 e. The van der Waals surface area contributed by atoms with Crippen LogP contribution in [-0.2, 0) is 6.42 Å². The van der Waals surface area contributed by atoms with E-state index in [1.807, 2.05) is 0 Å². The van der Waals surface area contributed by atoms with E-state index >= 15 is 0 Å². The van der Waals surface area contributed by atoms with Gasteiger partial charge in [0, 0.05) is 23.8 Å². The third-order valence-corrected chi connectivity index (χ3v) is 4.44. The molecule has 0 bridgehead atoms. The number of fused-ring (bicyclic) bond motifs is 1. The highest BCUT2D eigenvalue weighted by Gasteiger charge is 2.28. The number of aromatic carboxylic acids is 1. The Balaban J connectivity index is 1.86. The van der Waals surface area contributed by atoms with Crippen molar-refractivity contribution in [3.8, 4) is 0 Å². The van der Waals surface area contributed by atoms with Gasteiger partial charge in [0.15, 0.2) is 11.5 Å². The van der Waals surface area contributed by atoms with Gasteiger partial charge in [-0.3, -0.25) is 9.59 Å². The molecule has 6 nitrogen and oxygen atoms in total. The Morgan fingerprint density at radius 2 is 2.14 bits per heavy atom. The Kier molecular flexibility index (Phi) is 3.58. The number of carbonyl (C=O) groups is 3. The number of amides is 1. The molecule has 2 N–H and O–H groups in total. The molecule has 1 aliphatic rings. The lowest BCUT2D eigenvalue weighted by atomic mass is 9.94. The molecule has 0 radical (unpaired) electrons. The second-order valence-corrected chi connectivity index (χ2v) is 6.00. The van der Waals surface area contributed by atoms with Crippen LogP contribution in [0.25, 0.3) is 0 Å². The van der Waals surface area contributed by atoms with E-state index in [9.17, 15) is 14.4 Å². The molecule has 1 amide bonds. The summed E-state index contributed by atoms with van der Waals surface area (Å²) in [5.41, 5.74) is 1.19. The predicted molar refractivity (Wildman–Crippen MR) is 79.9 cm³/mol. The predicted octanol–water partition coefficient (Wildman–Crippen LogP) is 3.12. The molecule has 2 aromatic rings. The van der Waals surface area contributed by atoms with Crippen LogP contribution in [-0.4, -0.2) is 22.8 Å². The highest BCUT2D eigenvalue weighted by Crippen LogP contribution is 2.30. The lowest BCUT2D eigenvalue weighted by molar-refractivity contribution is 0.0697. The van der Waals surface area contributed by atoms with Crippen LogP contribution in [0.5, 0.6) is 0 Å². The number of carboxylic acid groups (broad SMARTS) is 1. The zero-order valence-electron chi connectivity index (χ0n) is 11.8. The summed E-state index contributed by atoms with van der Waals surface area (Å²) in [7, 11) is 0. The van der Waals surface area contributed by atoms with Crippen molar-refractivity contribution in [2.24, 2.45) is 0 Å². The van der Waals surface area contributed by atoms with Crippen molar-refractivity contribution in [3.05, 3.63) is 39.7 Å². The number of furan rings is 1. The minimum absolute atomic E-state index is 0.00540. The van der Waals surface area contributed by atoms with Crippen LogP contribution in [0, 0.1) is 6.92 Å². The Morgan fingerprint density at radius 3 is 2.77 bits per heavy atom. The first-order valence-corrected chi connectivity index (χ1v) is 7.64. The maximum Gasteiger partial charge on any atom is 0.336 e. The van der Waals surface area contributed by atoms with E-state index in [2.05, 4.69) is 5.32 Å². The highest BCUT2D eigenvalue weighted by atomic mass is 32.1. The van der Waals surface area contributed by atoms with Crippen molar-refractivity contribution < 1.29 is 23.9 Å². The zero-order valence-corrected chi connectivity index (χ0v) is 12.6. The Hall–Kier alpha value is -2.41. The van der Waals surface area contributed by atoms with E-state index in [1.54, 1.807) is 6.92 Å². The minimum Gasteiger partial charge on any atom is -0.478 e. The summed E-state index contributed by atoms with van der Waals surface area (Å²) in [5, 5.41) is 13.3. The van der Waals surface area contributed by atoms with Gasteiger partial charge in [-0.15, -0.1) is 11.3 Å². The second kappa shape index (κ2) is 5.42. The van der Waals surface area contributed by atoms with E-state index in [4.69, 9.17) is 9.52 Å². The molecule has 2 aromatic heterocycles. The summed E-state index contributed by atoms with van der Waals surface area (Å²) >= 11 is 1.12. The summed E-state index contributed by atoms with van der Waals surface area (Å²) in [6.45, 7) is 1.69. The number of hydrogen-bond acceptors (Lipinski definition) is 5. The average molecular weight is 319 g/mol. The maximum atomic E-state index is 12.3. The Labute approximate surface area is 129 Å². The molecule has 0 unspecified atom stereocenters. The summed E-state index contributed by atoms with van der Waals surface area (Å²) in [4.78, 5) is 35.0. The van der Waals surface area contributed by atoms with Gasteiger partial charge in [0.25, 0.3) is 5.91 Å². The van der Waals surface area contributed by atoms with Crippen LogP contribution in [0.1, 0.15) is 55.4 Å². The minimum atomic E-state index is -1.05. The molecule has 0 saturated heterocycles. The fourth-order valence-electron chi connectivity index (χ4n) is 2.55. The summed E-state index contributed by atoms with van der Waals surface area (Å²) in [6, 6.07) is 1.38. The van der Waals surface area contributed by atoms with Crippen molar-refractivity contribution in [3.63, 3.8) is 0 Å². The van der Waals surface area contributed by atoms with E-state index in [0.717, 1.165) is 17.8 Å². The quantitative estimate of drug-likeness (QED) is 0.906. The topological polar surface area (TPSA) is 96.6 Å². The van der Waals surface area contributed by atoms with Gasteiger partial charge in [-0.1, -0.05) is 0 Å². The number of aryl methyl sites for hydroxylation is 1. The maximum absolute atomic E-state index is 12.3. The smallest absolute Gasteiger partial charge is 0.336 e. The number of carboxylic acids is 1. The molecule has 22 heavy (non-hydrogen) atoms. The lowest BCUT2D eigenvalue weighted by Crippen LogP contribution is -2.12. The van der Waals surface area contributed by atoms with Gasteiger partial charge in [-0.2, -0.15) is 0 Å². The number of carbonyl (C=O) groups excluding carboxylic acids is 2. The van der Waals surface area contributed by atoms with Crippen LogP contribution in [0.2, 0.25) is 0 Å². The summed E-state index contributed by atoms with van der Waals surface area (Å²) in [6.07, 6.45) is 1.85. The number of Topliss-reactive ketones (excluding diaryl/α,β-unsaturated/α-hetero) is 1. The van der Waals surface area contributed by atoms with Crippen LogP contribution in [0.4, 0.5) is 5.00 Å². The molecule has 0 fully saturated rings. The van der Waals surface area contributed by atoms with Crippen molar-refractivity contribution in [2.45, 2.75) is 26.2 Å². The lowest BCUT2D eigenvalue weighted by Gasteiger charge is -2.07. The van der Waals surface area contributed by atoms with E-state index in [0.29, 0.717) is 34.7 Å². The van der Waals surface area contributed by atoms with Gasteiger partial charge < -0.3 is 14.8 Å². The van der Waals surface area contributed by atoms with Gasteiger partial charge in [0.2, 0.25) is 0 Å². The van der Waals surface area contributed by atoms with Crippen LogP contribution < -0.4 is 5.32 Å². The van der Waals surface area contributed by atoms with Crippen molar-refractivity contribution >= 4 is 34.0 Å². The fraction of sp³-hybridized carbons (Fsp3) is 0.267. The zero-order chi connectivity index (χ0) is 15.9. The molecule has 2 heterocycles. The van der Waals surface area contributed by atoms with E-state index in [-0.39, 0.29) is 17.1 Å². The molecule has 0 aromatic carbocycles. The van der Waals surface area contributed by atoms with Gasteiger partial charge in [0.1, 0.15) is 5.76 Å². The molecule has 0 atom stereocenters. The first kappa shape index (κ1) is 14.5. The van der Waals surface area contributed by atoms with Gasteiger partial charge in [0.05, 0.1) is 16.1 Å². The molecule has 114 valence electrons. The van der Waals surface area contributed by atoms with Crippen molar-refractivity contribution in [2.75, 3.05) is 5.32 Å². The van der Waals surface area contributed by atoms with Crippen LogP contribution >= 0.6 is 11.3 Å². The van der Waals surface area contributed by atoms with Gasteiger partial charge >= 0.3 is 5.97 Å². The highest BCUT2D eigenvalue weighted by molar-refractivity contribution is 7.14. The fourth-order valence-corrected chi connectivity index (χ4v) is 3.32. The second-order valence-electron chi connectivity index (χ2n) is 5.09. The molecule has 3 rings (SSSR count). The molecule has 0 spiro atoms. The average Bonchev–Trinajstić information content (AvgIpc) is 3.05. The SMILES string of the molecule is Cc1c(C(=O)Nc2cc(C(=O)O)cs2)oc2c1C(=O)CCC2. The van der Waals surface area contributed by atoms with Crippen LogP contribution in [0.3, 0.4) is 0 Å². The number of anilines is 1. The molecular formula is C15H13NO5S. The molecule has 7 heteroatoms. The van der Waals surface area contributed by atoms with Crippen molar-refractivity contribution in [1.82, 2.24) is 0 Å². The van der Waals surface area contributed by atoms with Crippen LogP contribution in [0.15, 0.2) is 15.9 Å². The monoisotopic (exact) mass is 319 g/mol. The number of ketones is 1. The third kappa shape index (κ3) is 2.43. The number of hydrogen-bond donors (Lipinski definition) is 2. The summed E-state index contributed by atoms with van der Waals surface area (Å²) < 4.78 is 5.55. The van der Waals surface area contributed by atoms with Gasteiger partial charge in [-0.25, -0.2) is 4.79 Å². The number of rotatable bonds is 3. The molecule has 1 aliphatic carbocycles. The third-order valence-electron chi connectivity index (χ3n) is 3.60. The standard InChI is InChI=1S/C15H13NO5S/c1-7-12-9(17)3-2-4-10(12)21-13(7)14(18)16-11-5-8(6-22-11)15(19)20/h5-6H,2-4H2,1H3,(H,16,18)(H,19,20). The van der Waals surface area contributed by atoms with Gasteiger partial charge in [-0.05, 0) is 19.4 Å². The number of nitrogens with one attached hydrogen (secondary N) is 1. The number of thiophene rings is 1. The normalized spacial score (nSPS) is 13.8. The van der Waals surface area contributed by atoms with E-state index in [1.165, 1.54) is 11.4 Å². The van der Waals surface area contributed by atoms with Crippen molar-refractivity contribution in [1.29, 1.82) is 0 Å².